The van der Waals surface area contributed by atoms with E-state index in [1.807, 2.05) is 26.0 Å². The second-order valence-electron chi connectivity index (χ2n) is 4.16. The minimum absolute atomic E-state index is 0.301. The summed E-state index contributed by atoms with van der Waals surface area (Å²) in [5.74, 6) is 0.468. The van der Waals surface area contributed by atoms with Crippen molar-refractivity contribution in [3.05, 3.63) is 28.8 Å². The van der Waals surface area contributed by atoms with Gasteiger partial charge in [0.25, 0.3) is 0 Å². The third-order valence-electron chi connectivity index (χ3n) is 2.87. The van der Waals surface area contributed by atoms with Gasteiger partial charge in [0.1, 0.15) is 12.4 Å². The average molecular weight is 237 g/mol. The molecule has 0 radical (unpaired) electrons. The quantitative estimate of drug-likeness (QED) is 0.857. The molecule has 1 aromatic rings. The number of likely N-dealkylation sites (N-methyl/N-ethyl adjacent to an activating group) is 1. The van der Waals surface area contributed by atoms with Gasteiger partial charge in [-0.3, -0.25) is 4.79 Å². The summed E-state index contributed by atoms with van der Waals surface area (Å²) in [6.07, 6.45) is 0. The van der Waals surface area contributed by atoms with Crippen LogP contribution in [0, 0.1) is 13.8 Å². The maximum Gasteiger partial charge on any atom is 0.248 e. The summed E-state index contributed by atoms with van der Waals surface area (Å²) in [5.41, 5.74) is 3.26. The van der Waals surface area contributed by atoms with Crippen LogP contribution in [0.25, 0.3) is 0 Å². The van der Waals surface area contributed by atoms with Crippen LogP contribution in [0.3, 0.4) is 0 Å². The van der Waals surface area contributed by atoms with Gasteiger partial charge in [-0.2, -0.15) is 0 Å². The number of hydrogen-bond donors (Lipinski definition) is 1. The molecule has 0 aliphatic heterocycles. The van der Waals surface area contributed by atoms with Crippen molar-refractivity contribution in [3.8, 4) is 5.75 Å². The number of amides is 1. The summed E-state index contributed by atoms with van der Waals surface area (Å²) in [5, 5.41) is 8.79. The first-order chi connectivity index (χ1) is 7.99. The fraction of sp³-hybridized carbons (Fsp3) is 0.462. The molecule has 0 aliphatic rings. The molecule has 0 fully saturated rings. The predicted molar refractivity (Wildman–Crippen MR) is 66.0 cm³/mol. The van der Waals surface area contributed by atoms with Crippen molar-refractivity contribution < 1.29 is 14.6 Å². The lowest BCUT2D eigenvalue weighted by atomic mass is 10.0. The van der Waals surface area contributed by atoms with E-state index in [0.29, 0.717) is 6.54 Å². The van der Waals surface area contributed by atoms with Crippen LogP contribution in [-0.4, -0.2) is 36.7 Å². The number of carbonyl (C=O) groups excluding carboxylic acids is 1. The van der Waals surface area contributed by atoms with E-state index in [-0.39, 0.29) is 5.91 Å². The first kappa shape index (κ1) is 13.5. The van der Waals surface area contributed by atoms with Gasteiger partial charge in [0.05, 0.1) is 7.11 Å². The number of rotatable bonds is 4. The molecule has 0 saturated carbocycles. The summed E-state index contributed by atoms with van der Waals surface area (Å²) in [7, 11) is 3.27. The molecule has 0 aromatic heterocycles. The zero-order chi connectivity index (χ0) is 13.0. The van der Waals surface area contributed by atoms with Crippen molar-refractivity contribution in [2.75, 3.05) is 20.8 Å². The van der Waals surface area contributed by atoms with E-state index in [4.69, 9.17) is 9.84 Å². The van der Waals surface area contributed by atoms with Crippen molar-refractivity contribution >= 4 is 5.91 Å². The molecule has 0 bridgehead atoms. The Kier molecular flexibility index (Phi) is 4.52. The molecule has 4 heteroatoms. The molecule has 0 spiro atoms. The minimum atomic E-state index is -0.469. The summed E-state index contributed by atoms with van der Waals surface area (Å²) in [6.45, 7) is 4.00. The predicted octanol–water partition coefficient (Wildman–Crippen LogP) is 1.26. The Hall–Kier alpha value is -1.55. The molecular weight excluding hydrogens is 218 g/mol. The van der Waals surface area contributed by atoms with Gasteiger partial charge in [0, 0.05) is 19.2 Å². The standard InChI is InChI=1S/C13H19NO3/c1-9-5-11(7-14(3)13(16)8-15)12(17-4)6-10(9)2/h5-6,15H,7-8H2,1-4H3. The van der Waals surface area contributed by atoms with Crippen molar-refractivity contribution in [1.82, 2.24) is 4.90 Å². The molecule has 1 aromatic carbocycles. The lowest BCUT2D eigenvalue weighted by Gasteiger charge is -2.19. The summed E-state index contributed by atoms with van der Waals surface area (Å²) in [6, 6.07) is 3.97. The van der Waals surface area contributed by atoms with Crippen molar-refractivity contribution in [1.29, 1.82) is 0 Å². The molecule has 94 valence electrons. The van der Waals surface area contributed by atoms with Crippen LogP contribution in [0.4, 0.5) is 0 Å². The van der Waals surface area contributed by atoms with Crippen molar-refractivity contribution in [2.45, 2.75) is 20.4 Å². The van der Waals surface area contributed by atoms with Crippen LogP contribution in [0.15, 0.2) is 12.1 Å². The van der Waals surface area contributed by atoms with Crippen LogP contribution >= 0.6 is 0 Å². The van der Waals surface area contributed by atoms with E-state index in [0.717, 1.165) is 22.4 Å². The highest BCUT2D eigenvalue weighted by Crippen LogP contribution is 2.24. The molecule has 0 unspecified atom stereocenters. The van der Waals surface area contributed by atoms with E-state index in [2.05, 4.69) is 0 Å². The fourth-order valence-corrected chi connectivity index (χ4v) is 1.63. The van der Waals surface area contributed by atoms with Gasteiger partial charge in [-0.05, 0) is 31.0 Å². The van der Waals surface area contributed by atoms with Gasteiger partial charge >= 0.3 is 0 Å². The highest BCUT2D eigenvalue weighted by atomic mass is 16.5. The lowest BCUT2D eigenvalue weighted by molar-refractivity contribution is -0.133. The van der Waals surface area contributed by atoms with Crippen LogP contribution in [0.5, 0.6) is 5.75 Å². The monoisotopic (exact) mass is 237 g/mol. The second-order valence-corrected chi connectivity index (χ2v) is 4.16. The van der Waals surface area contributed by atoms with E-state index >= 15 is 0 Å². The molecule has 1 rings (SSSR count). The number of aliphatic hydroxyl groups is 1. The third kappa shape index (κ3) is 3.20. The Morgan fingerprint density at radius 3 is 2.47 bits per heavy atom. The van der Waals surface area contributed by atoms with Gasteiger partial charge < -0.3 is 14.7 Å². The van der Waals surface area contributed by atoms with Gasteiger partial charge in [-0.1, -0.05) is 6.07 Å². The number of benzene rings is 1. The Labute approximate surface area is 102 Å². The number of nitrogens with zero attached hydrogens (tertiary/aromatic N) is 1. The number of carbonyl (C=O) groups is 1. The molecule has 0 aliphatic carbocycles. The SMILES string of the molecule is COc1cc(C)c(C)cc1CN(C)C(=O)CO. The number of aliphatic hydroxyl groups excluding tert-OH is 1. The zero-order valence-corrected chi connectivity index (χ0v) is 10.8. The normalized spacial score (nSPS) is 10.2. The zero-order valence-electron chi connectivity index (χ0n) is 10.8. The average Bonchev–Trinajstić information content (AvgIpc) is 2.32. The molecule has 17 heavy (non-hydrogen) atoms. The molecule has 1 amide bonds. The number of hydrogen-bond acceptors (Lipinski definition) is 3. The number of aryl methyl sites for hydroxylation is 2. The van der Waals surface area contributed by atoms with E-state index < -0.39 is 6.61 Å². The van der Waals surface area contributed by atoms with E-state index in [1.54, 1.807) is 14.2 Å². The molecule has 1 N–H and O–H groups in total. The fourth-order valence-electron chi connectivity index (χ4n) is 1.63. The summed E-state index contributed by atoms with van der Waals surface area (Å²) in [4.78, 5) is 12.8. The third-order valence-corrected chi connectivity index (χ3v) is 2.87. The minimum Gasteiger partial charge on any atom is -0.496 e. The Morgan fingerprint density at radius 2 is 1.94 bits per heavy atom. The van der Waals surface area contributed by atoms with E-state index in [1.165, 1.54) is 4.90 Å². The first-order valence-electron chi connectivity index (χ1n) is 5.48. The van der Waals surface area contributed by atoms with Gasteiger partial charge in [-0.15, -0.1) is 0 Å². The molecular formula is C13H19NO3. The molecule has 0 heterocycles. The maximum atomic E-state index is 11.3. The van der Waals surface area contributed by atoms with Crippen LogP contribution in [-0.2, 0) is 11.3 Å². The van der Waals surface area contributed by atoms with Gasteiger partial charge in [0.2, 0.25) is 5.91 Å². The van der Waals surface area contributed by atoms with Crippen molar-refractivity contribution in [3.63, 3.8) is 0 Å². The topological polar surface area (TPSA) is 49.8 Å². The van der Waals surface area contributed by atoms with Gasteiger partial charge in [-0.25, -0.2) is 0 Å². The van der Waals surface area contributed by atoms with Crippen LogP contribution in [0.2, 0.25) is 0 Å². The Balaban J connectivity index is 2.97. The Bertz CT molecular complexity index is 415. The lowest BCUT2D eigenvalue weighted by Crippen LogP contribution is -2.28. The van der Waals surface area contributed by atoms with Crippen LogP contribution in [0.1, 0.15) is 16.7 Å². The number of ether oxygens (including phenoxy) is 1. The van der Waals surface area contributed by atoms with Crippen LogP contribution < -0.4 is 4.74 Å². The smallest absolute Gasteiger partial charge is 0.248 e. The number of methoxy groups -OCH3 is 1. The molecule has 0 atom stereocenters. The molecule has 4 nitrogen and oxygen atoms in total. The first-order valence-corrected chi connectivity index (χ1v) is 5.48. The Morgan fingerprint density at radius 1 is 1.35 bits per heavy atom. The van der Waals surface area contributed by atoms with Gasteiger partial charge in [0.15, 0.2) is 0 Å². The maximum absolute atomic E-state index is 11.3. The highest BCUT2D eigenvalue weighted by molar-refractivity contribution is 5.76. The summed E-state index contributed by atoms with van der Waals surface area (Å²) >= 11 is 0. The second kappa shape index (κ2) is 5.68. The highest BCUT2D eigenvalue weighted by Gasteiger charge is 2.12. The largest absolute Gasteiger partial charge is 0.496 e. The molecule has 0 saturated heterocycles. The van der Waals surface area contributed by atoms with Crippen molar-refractivity contribution in [2.24, 2.45) is 0 Å². The summed E-state index contributed by atoms with van der Waals surface area (Å²) < 4.78 is 5.29. The van der Waals surface area contributed by atoms with E-state index in [9.17, 15) is 4.79 Å².